The molecule has 12 heteroatoms. The predicted molar refractivity (Wildman–Crippen MR) is 122 cm³/mol. The lowest BCUT2D eigenvalue weighted by molar-refractivity contribution is -0.160. The first kappa shape index (κ1) is 25.6. The number of hydrogen-bond acceptors (Lipinski definition) is 7. The molecule has 1 saturated carbocycles. The summed E-state index contributed by atoms with van der Waals surface area (Å²) in [5, 5.41) is 3.16. The van der Waals surface area contributed by atoms with Crippen LogP contribution in [0.5, 0.6) is 0 Å². The highest BCUT2D eigenvalue weighted by Gasteiger charge is 2.54. The van der Waals surface area contributed by atoms with Gasteiger partial charge in [0.15, 0.2) is 11.6 Å². The molecule has 1 aliphatic heterocycles. The molecule has 194 valence electrons. The van der Waals surface area contributed by atoms with Gasteiger partial charge in [-0.05, 0) is 47.1 Å². The van der Waals surface area contributed by atoms with Gasteiger partial charge in [-0.3, -0.25) is 4.90 Å². The van der Waals surface area contributed by atoms with Gasteiger partial charge < -0.3 is 24.1 Å². The average molecular weight is 500 g/mol. The van der Waals surface area contributed by atoms with E-state index in [1.807, 2.05) is 16.8 Å². The van der Waals surface area contributed by atoms with E-state index < -0.39 is 30.2 Å². The topological polar surface area (TPSA) is 90.7 Å². The number of halogens is 3. The molecule has 4 atom stereocenters. The zero-order valence-corrected chi connectivity index (χ0v) is 20.7. The summed E-state index contributed by atoms with van der Waals surface area (Å²) >= 11 is 0. The van der Waals surface area contributed by atoms with Crippen molar-refractivity contribution in [2.45, 2.75) is 76.9 Å². The second-order valence-electron chi connectivity index (χ2n) is 10.6. The van der Waals surface area contributed by atoms with E-state index in [1.54, 1.807) is 41.7 Å². The second-order valence-corrected chi connectivity index (χ2v) is 10.6. The van der Waals surface area contributed by atoms with E-state index in [0.717, 1.165) is 0 Å². The summed E-state index contributed by atoms with van der Waals surface area (Å²) in [7, 11) is 1.58. The molecule has 1 aliphatic carbocycles. The van der Waals surface area contributed by atoms with Gasteiger partial charge in [0, 0.05) is 25.7 Å². The van der Waals surface area contributed by atoms with Crippen LogP contribution in [0.1, 0.15) is 47.1 Å². The molecule has 0 bridgehead atoms. The third kappa shape index (κ3) is 5.54. The first-order chi connectivity index (χ1) is 16.2. The minimum Gasteiger partial charge on any atom is -0.443 e. The van der Waals surface area contributed by atoms with Crippen molar-refractivity contribution in [1.29, 1.82) is 0 Å². The van der Waals surface area contributed by atoms with Crippen molar-refractivity contribution >= 4 is 22.9 Å². The number of nitrogens with one attached hydrogen (secondary N) is 1. The van der Waals surface area contributed by atoms with Crippen LogP contribution in [-0.2, 0) is 14.2 Å². The summed E-state index contributed by atoms with van der Waals surface area (Å²) in [6, 6.07) is 1.60. The Morgan fingerprint density at radius 3 is 2.60 bits per heavy atom. The lowest BCUT2D eigenvalue weighted by Gasteiger charge is -2.25. The number of hydrogen-bond donors (Lipinski definition) is 1. The van der Waals surface area contributed by atoms with Crippen LogP contribution in [-0.4, -0.2) is 70.5 Å². The Hall–Kier alpha value is -2.44. The van der Waals surface area contributed by atoms with Crippen molar-refractivity contribution in [3.63, 3.8) is 0 Å². The predicted octanol–water partition coefficient (Wildman–Crippen LogP) is 4.04. The number of carbonyl (C=O) groups is 1. The van der Waals surface area contributed by atoms with E-state index in [9.17, 15) is 18.0 Å². The zero-order valence-electron chi connectivity index (χ0n) is 20.7. The van der Waals surface area contributed by atoms with Crippen molar-refractivity contribution in [2.24, 2.45) is 5.92 Å². The summed E-state index contributed by atoms with van der Waals surface area (Å²) in [6.45, 7) is 8.04. The van der Waals surface area contributed by atoms with Gasteiger partial charge in [0.05, 0.1) is 24.1 Å². The molecule has 9 nitrogen and oxygen atoms in total. The summed E-state index contributed by atoms with van der Waals surface area (Å²) < 4.78 is 57.7. The minimum absolute atomic E-state index is 0.150. The van der Waals surface area contributed by atoms with Crippen LogP contribution in [0, 0.1) is 5.92 Å². The molecule has 0 spiro atoms. The normalized spacial score (nSPS) is 26.2. The maximum Gasteiger partial charge on any atom is 0.415 e. The van der Waals surface area contributed by atoms with Crippen LogP contribution in [0.15, 0.2) is 18.6 Å². The van der Waals surface area contributed by atoms with E-state index >= 15 is 0 Å². The summed E-state index contributed by atoms with van der Waals surface area (Å²) in [5.41, 5.74) is -0.0734. The van der Waals surface area contributed by atoms with E-state index in [2.05, 4.69) is 15.3 Å². The molecule has 2 aromatic heterocycles. The van der Waals surface area contributed by atoms with Crippen molar-refractivity contribution in [2.75, 3.05) is 25.0 Å². The number of alkyl halides is 3. The third-order valence-corrected chi connectivity index (χ3v) is 6.11. The first-order valence-electron chi connectivity index (χ1n) is 11.6. The maximum atomic E-state index is 12.7. The molecule has 0 radical (unpaired) electrons. The number of anilines is 1. The quantitative estimate of drug-likeness (QED) is 0.664. The van der Waals surface area contributed by atoms with Gasteiger partial charge in [-0.25, -0.2) is 14.8 Å². The van der Waals surface area contributed by atoms with Crippen molar-refractivity contribution in [3.05, 3.63) is 18.6 Å². The van der Waals surface area contributed by atoms with Gasteiger partial charge in [0.25, 0.3) is 0 Å². The SMILES string of the molecule is CN(C(=O)OC(C)(C)C)c1ncnc2c1ccn2[C@@H]1C[C@H](CNCC(F)(F)F)[C@H]2OC(C)(C)O[C@H]21. The number of rotatable bonds is 5. The standard InChI is InChI=1S/C23H32F3N5O4/c1-21(2,3)35-20(32)30(6)18-14-7-8-31(19(14)29-12-28-18)15-9-13(10-27-11-23(24,25)26)16-17(15)34-22(4,5)33-16/h7-8,12-13,15-17,27H,9-11H2,1-6H3/t13-,15-,16-,17+/m1/s1. The molecule has 1 amide bonds. The van der Waals surface area contributed by atoms with Gasteiger partial charge in [0.1, 0.15) is 23.7 Å². The van der Waals surface area contributed by atoms with Crippen molar-refractivity contribution in [3.8, 4) is 0 Å². The van der Waals surface area contributed by atoms with Gasteiger partial charge in [-0.15, -0.1) is 0 Å². The molecule has 1 saturated heterocycles. The van der Waals surface area contributed by atoms with Crippen molar-refractivity contribution < 1.29 is 32.2 Å². The minimum atomic E-state index is -4.28. The van der Waals surface area contributed by atoms with Gasteiger partial charge in [0.2, 0.25) is 0 Å². The molecule has 35 heavy (non-hydrogen) atoms. The van der Waals surface area contributed by atoms with E-state index in [1.165, 1.54) is 11.2 Å². The fraction of sp³-hybridized carbons (Fsp3) is 0.696. The first-order valence-corrected chi connectivity index (χ1v) is 11.6. The highest BCUT2D eigenvalue weighted by atomic mass is 19.4. The Labute approximate surface area is 201 Å². The lowest BCUT2D eigenvalue weighted by atomic mass is 10.1. The lowest BCUT2D eigenvalue weighted by Crippen LogP contribution is -2.36. The number of ether oxygens (including phenoxy) is 3. The summed E-state index contributed by atoms with van der Waals surface area (Å²) in [6.07, 6.45) is -1.79. The molecule has 2 aromatic rings. The molecule has 2 fully saturated rings. The Morgan fingerprint density at radius 1 is 1.26 bits per heavy atom. The van der Waals surface area contributed by atoms with Crippen LogP contribution in [0.3, 0.4) is 0 Å². The van der Waals surface area contributed by atoms with Crippen LogP contribution >= 0.6 is 0 Å². The van der Waals surface area contributed by atoms with Crippen LogP contribution in [0.2, 0.25) is 0 Å². The molecule has 3 heterocycles. The third-order valence-electron chi connectivity index (χ3n) is 6.11. The van der Waals surface area contributed by atoms with Crippen LogP contribution in [0.25, 0.3) is 11.0 Å². The number of aromatic nitrogens is 3. The Kier molecular flexibility index (Phi) is 6.52. The Bertz CT molecular complexity index is 1080. The molecular weight excluding hydrogens is 467 g/mol. The highest BCUT2D eigenvalue weighted by molar-refractivity contribution is 5.97. The van der Waals surface area contributed by atoms with Crippen molar-refractivity contribution in [1.82, 2.24) is 19.9 Å². The fourth-order valence-corrected chi connectivity index (χ4v) is 4.84. The molecule has 2 aliphatic rings. The smallest absolute Gasteiger partial charge is 0.415 e. The number of fused-ring (bicyclic) bond motifs is 2. The number of amides is 1. The van der Waals surface area contributed by atoms with E-state index in [4.69, 9.17) is 14.2 Å². The van der Waals surface area contributed by atoms with Gasteiger partial charge in [-0.2, -0.15) is 13.2 Å². The largest absolute Gasteiger partial charge is 0.443 e. The highest BCUT2D eigenvalue weighted by Crippen LogP contribution is 2.47. The maximum absolute atomic E-state index is 12.7. The molecule has 1 N–H and O–H groups in total. The van der Waals surface area contributed by atoms with Crippen LogP contribution in [0.4, 0.5) is 23.8 Å². The van der Waals surface area contributed by atoms with E-state index in [0.29, 0.717) is 23.3 Å². The number of nitrogens with zero attached hydrogens (tertiary/aromatic N) is 4. The summed E-state index contributed by atoms with van der Waals surface area (Å²) in [5.74, 6) is -0.641. The fourth-order valence-electron chi connectivity index (χ4n) is 4.84. The summed E-state index contributed by atoms with van der Waals surface area (Å²) in [4.78, 5) is 22.7. The Balaban J connectivity index is 1.61. The molecule has 4 rings (SSSR count). The van der Waals surface area contributed by atoms with E-state index in [-0.39, 0.29) is 30.7 Å². The Morgan fingerprint density at radius 2 is 1.94 bits per heavy atom. The second kappa shape index (κ2) is 8.90. The molecule has 0 unspecified atom stereocenters. The zero-order chi connectivity index (χ0) is 25.8. The van der Waals surface area contributed by atoms with Gasteiger partial charge in [-0.1, -0.05) is 0 Å². The molecule has 0 aromatic carbocycles. The monoisotopic (exact) mass is 499 g/mol. The van der Waals surface area contributed by atoms with Gasteiger partial charge >= 0.3 is 12.3 Å². The number of carbonyl (C=O) groups excluding carboxylic acids is 1. The average Bonchev–Trinajstić information content (AvgIpc) is 3.36. The molecular formula is C23H32F3N5O4. The van der Waals surface area contributed by atoms with Crippen LogP contribution < -0.4 is 10.2 Å².